The molecule has 0 aromatic rings. The van der Waals surface area contributed by atoms with Crippen molar-refractivity contribution in [2.24, 2.45) is 5.92 Å². The van der Waals surface area contributed by atoms with Crippen molar-refractivity contribution in [3.05, 3.63) is 0 Å². The molecule has 3 heteroatoms. The Balaban J connectivity index is 1.46. The van der Waals surface area contributed by atoms with Gasteiger partial charge < -0.3 is 4.74 Å². The van der Waals surface area contributed by atoms with E-state index in [1.54, 1.807) is 0 Å². The zero-order chi connectivity index (χ0) is 14.2. The smallest absolute Gasteiger partial charge is 0.306 e. The zero-order valence-electron chi connectivity index (χ0n) is 12.9. The quantitative estimate of drug-likeness (QED) is 0.445. The minimum atomic E-state index is 0.0116. The lowest BCUT2D eigenvalue weighted by Crippen LogP contribution is -2.19. The van der Waals surface area contributed by atoms with Gasteiger partial charge in [-0.2, -0.15) is 11.8 Å². The average molecular weight is 298 g/mol. The standard InChI is InChI=1S/C17H30O2S/c1-14(13-20-16-8-3-2-4-9-16)19-17(18)10-6-5-7-15-11-12-15/h14-16H,2-13H2,1H3. The highest BCUT2D eigenvalue weighted by atomic mass is 32.2. The normalized spacial score (nSPS) is 21.6. The van der Waals surface area contributed by atoms with E-state index in [-0.39, 0.29) is 12.1 Å². The van der Waals surface area contributed by atoms with Crippen molar-refractivity contribution in [1.29, 1.82) is 0 Å². The van der Waals surface area contributed by atoms with Crippen LogP contribution >= 0.6 is 11.8 Å². The number of thioether (sulfide) groups is 1. The summed E-state index contributed by atoms with van der Waals surface area (Å²) < 4.78 is 5.50. The molecule has 0 aliphatic heterocycles. The molecule has 2 aliphatic carbocycles. The summed E-state index contributed by atoms with van der Waals surface area (Å²) in [6.07, 6.45) is 13.9. The fourth-order valence-electron chi connectivity index (χ4n) is 2.93. The minimum absolute atomic E-state index is 0.0116. The molecular formula is C17H30O2S. The minimum Gasteiger partial charge on any atom is -0.462 e. The molecule has 0 spiro atoms. The first kappa shape index (κ1) is 16.2. The van der Waals surface area contributed by atoms with Gasteiger partial charge in [0.2, 0.25) is 0 Å². The van der Waals surface area contributed by atoms with Gasteiger partial charge in [-0.25, -0.2) is 0 Å². The van der Waals surface area contributed by atoms with E-state index in [1.807, 2.05) is 18.7 Å². The molecule has 0 radical (unpaired) electrons. The Morgan fingerprint density at radius 3 is 2.60 bits per heavy atom. The largest absolute Gasteiger partial charge is 0.462 e. The molecule has 2 nitrogen and oxygen atoms in total. The highest BCUT2D eigenvalue weighted by Crippen LogP contribution is 2.34. The van der Waals surface area contributed by atoms with Gasteiger partial charge in [0, 0.05) is 17.4 Å². The summed E-state index contributed by atoms with van der Waals surface area (Å²) in [6.45, 7) is 2.04. The molecule has 2 saturated carbocycles. The molecule has 0 bridgehead atoms. The van der Waals surface area contributed by atoms with Crippen LogP contribution in [0.5, 0.6) is 0 Å². The third-order valence-corrected chi connectivity index (χ3v) is 6.00. The van der Waals surface area contributed by atoms with Crippen LogP contribution in [0.4, 0.5) is 0 Å². The Morgan fingerprint density at radius 1 is 1.15 bits per heavy atom. The van der Waals surface area contributed by atoms with Gasteiger partial charge in [-0.05, 0) is 32.1 Å². The maximum atomic E-state index is 11.7. The van der Waals surface area contributed by atoms with Gasteiger partial charge in [-0.3, -0.25) is 4.79 Å². The summed E-state index contributed by atoms with van der Waals surface area (Å²) in [4.78, 5) is 11.7. The highest BCUT2D eigenvalue weighted by molar-refractivity contribution is 7.99. The Morgan fingerprint density at radius 2 is 1.90 bits per heavy atom. The topological polar surface area (TPSA) is 26.3 Å². The van der Waals surface area contributed by atoms with Crippen molar-refractivity contribution in [2.75, 3.05) is 5.75 Å². The van der Waals surface area contributed by atoms with E-state index in [4.69, 9.17) is 4.74 Å². The monoisotopic (exact) mass is 298 g/mol. The van der Waals surface area contributed by atoms with Crippen molar-refractivity contribution < 1.29 is 9.53 Å². The molecule has 1 unspecified atom stereocenters. The van der Waals surface area contributed by atoms with Crippen LogP contribution in [0.15, 0.2) is 0 Å². The van der Waals surface area contributed by atoms with E-state index in [0.717, 1.165) is 23.3 Å². The summed E-state index contributed by atoms with van der Waals surface area (Å²) in [7, 11) is 0. The maximum Gasteiger partial charge on any atom is 0.306 e. The second-order valence-electron chi connectivity index (χ2n) is 6.58. The fraction of sp³-hybridized carbons (Fsp3) is 0.941. The lowest BCUT2D eigenvalue weighted by atomic mass is 10.0. The van der Waals surface area contributed by atoms with E-state index in [0.29, 0.717) is 6.42 Å². The molecule has 2 aliphatic rings. The molecule has 1 atom stereocenters. The Labute approximate surface area is 128 Å². The van der Waals surface area contributed by atoms with Crippen LogP contribution in [0.1, 0.15) is 77.6 Å². The van der Waals surface area contributed by atoms with Crippen molar-refractivity contribution in [2.45, 2.75) is 88.9 Å². The summed E-state index contributed by atoms with van der Waals surface area (Å²) in [5, 5.41) is 0.809. The molecule has 0 aromatic carbocycles. The molecule has 2 fully saturated rings. The second kappa shape index (κ2) is 8.96. The zero-order valence-corrected chi connectivity index (χ0v) is 13.8. The first-order chi connectivity index (χ1) is 9.74. The van der Waals surface area contributed by atoms with Crippen molar-refractivity contribution >= 4 is 17.7 Å². The Bertz CT molecular complexity index is 283. The first-order valence-electron chi connectivity index (χ1n) is 8.55. The van der Waals surface area contributed by atoms with Crippen LogP contribution in [0, 0.1) is 5.92 Å². The number of ether oxygens (including phenoxy) is 1. The van der Waals surface area contributed by atoms with Gasteiger partial charge in [0.1, 0.15) is 6.10 Å². The third-order valence-electron chi connectivity index (χ3n) is 4.39. The number of unbranched alkanes of at least 4 members (excludes halogenated alkanes) is 1. The van der Waals surface area contributed by atoms with E-state index in [1.165, 1.54) is 57.8 Å². The Hall–Kier alpha value is -0.180. The number of carbonyl (C=O) groups excluding carboxylic acids is 1. The first-order valence-corrected chi connectivity index (χ1v) is 9.60. The molecule has 0 N–H and O–H groups in total. The second-order valence-corrected chi connectivity index (χ2v) is 7.92. The molecule has 0 aromatic heterocycles. The molecule has 0 amide bonds. The summed E-state index contributed by atoms with van der Waals surface area (Å²) >= 11 is 2.01. The van der Waals surface area contributed by atoms with E-state index in [9.17, 15) is 4.79 Å². The van der Waals surface area contributed by atoms with Gasteiger partial charge in [-0.1, -0.05) is 44.9 Å². The fourth-order valence-corrected chi connectivity index (χ4v) is 4.21. The summed E-state index contributed by atoms with van der Waals surface area (Å²) in [6, 6.07) is 0. The van der Waals surface area contributed by atoms with Crippen LogP contribution < -0.4 is 0 Å². The predicted octanol–water partition coefficient (Wildman–Crippen LogP) is 4.95. The number of rotatable bonds is 9. The number of hydrogen-bond donors (Lipinski definition) is 0. The maximum absolute atomic E-state index is 11.7. The number of hydrogen-bond acceptors (Lipinski definition) is 3. The van der Waals surface area contributed by atoms with Crippen LogP contribution in [0.25, 0.3) is 0 Å². The molecule has 0 heterocycles. The van der Waals surface area contributed by atoms with Crippen LogP contribution in [-0.4, -0.2) is 23.1 Å². The Kier molecular flexibility index (Phi) is 7.26. The summed E-state index contributed by atoms with van der Waals surface area (Å²) in [5.74, 6) is 1.97. The number of carbonyl (C=O) groups is 1. The van der Waals surface area contributed by atoms with Crippen molar-refractivity contribution in [1.82, 2.24) is 0 Å². The van der Waals surface area contributed by atoms with E-state index in [2.05, 4.69) is 0 Å². The van der Waals surface area contributed by atoms with Crippen molar-refractivity contribution in [3.8, 4) is 0 Å². The summed E-state index contributed by atoms with van der Waals surface area (Å²) in [5.41, 5.74) is 0. The van der Waals surface area contributed by atoms with Gasteiger partial charge >= 0.3 is 5.97 Å². The molecule has 0 saturated heterocycles. The molecule has 116 valence electrons. The lowest BCUT2D eigenvalue weighted by Gasteiger charge is -2.22. The van der Waals surface area contributed by atoms with Crippen LogP contribution in [0.2, 0.25) is 0 Å². The predicted molar refractivity (Wildman–Crippen MR) is 86.1 cm³/mol. The van der Waals surface area contributed by atoms with Gasteiger partial charge in [0.25, 0.3) is 0 Å². The lowest BCUT2D eigenvalue weighted by molar-refractivity contribution is -0.147. The van der Waals surface area contributed by atoms with Gasteiger partial charge in [-0.15, -0.1) is 0 Å². The SMILES string of the molecule is CC(CSC1CCCCC1)OC(=O)CCCCC1CC1. The van der Waals surface area contributed by atoms with Crippen LogP contribution in [0.3, 0.4) is 0 Å². The van der Waals surface area contributed by atoms with Crippen LogP contribution in [-0.2, 0) is 9.53 Å². The van der Waals surface area contributed by atoms with Crippen molar-refractivity contribution in [3.63, 3.8) is 0 Å². The molecular weight excluding hydrogens is 268 g/mol. The number of esters is 1. The molecule has 2 rings (SSSR count). The van der Waals surface area contributed by atoms with Gasteiger partial charge in [0.15, 0.2) is 0 Å². The van der Waals surface area contributed by atoms with E-state index < -0.39 is 0 Å². The highest BCUT2D eigenvalue weighted by Gasteiger charge is 2.20. The average Bonchev–Trinajstić information content (AvgIpc) is 3.27. The van der Waals surface area contributed by atoms with Gasteiger partial charge in [0.05, 0.1) is 0 Å². The third kappa shape index (κ3) is 7.01. The molecule has 20 heavy (non-hydrogen) atoms. The van der Waals surface area contributed by atoms with E-state index >= 15 is 0 Å².